The van der Waals surface area contributed by atoms with Gasteiger partial charge in [-0.05, 0) is 60.2 Å². The molecule has 1 N–H and O–H groups in total. The van der Waals surface area contributed by atoms with E-state index in [1.54, 1.807) is 73.8 Å². The summed E-state index contributed by atoms with van der Waals surface area (Å²) < 4.78 is 11.1. The Kier molecular flexibility index (Phi) is 5.48. The van der Waals surface area contributed by atoms with Gasteiger partial charge >= 0.3 is 0 Å². The van der Waals surface area contributed by atoms with Crippen molar-refractivity contribution in [3.63, 3.8) is 0 Å². The van der Waals surface area contributed by atoms with E-state index in [2.05, 4.69) is 5.32 Å². The van der Waals surface area contributed by atoms with E-state index in [1.165, 1.54) is 0 Å². The average Bonchev–Trinajstić information content (AvgIpc) is 2.75. The zero-order valence-corrected chi connectivity index (χ0v) is 17.3. The molecule has 0 aliphatic carbocycles. The molecule has 150 valence electrons. The molecular weight excluding hydrogens is 425 g/mol. The van der Waals surface area contributed by atoms with Crippen LogP contribution >= 0.6 is 23.2 Å². The van der Waals surface area contributed by atoms with E-state index < -0.39 is 5.91 Å². The molecule has 0 bridgehead atoms. The second-order valence-corrected chi connectivity index (χ2v) is 7.34. The number of rotatable bonds is 4. The molecule has 30 heavy (non-hydrogen) atoms. The minimum Gasteiger partial charge on any atom is -0.497 e. The summed E-state index contributed by atoms with van der Waals surface area (Å²) in [5, 5.41) is 3.95. The second-order valence-electron chi connectivity index (χ2n) is 6.47. The van der Waals surface area contributed by atoms with E-state index in [9.17, 15) is 9.59 Å². The zero-order chi connectivity index (χ0) is 21.3. The van der Waals surface area contributed by atoms with Gasteiger partial charge in [0, 0.05) is 15.6 Å². The Morgan fingerprint density at radius 2 is 1.60 bits per heavy atom. The molecule has 5 nitrogen and oxygen atoms in total. The maximum Gasteiger partial charge on any atom is 0.257 e. The molecule has 0 atom stereocenters. The molecule has 0 saturated carbocycles. The SMILES string of the molecule is COc1ccc(-c2c(NC(=O)c3ccc(Cl)cc3)oc3ccc(Cl)cc3c2=O)cc1. The van der Waals surface area contributed by atoms with E-state index in [1.807, 2.05) is 0 Å². The van der Waals surface area contributed by atoms with Crippen LogP contribution in [-0.2, 0) is 0 Å². The maximum atomic E-state index is 13.3. The van der Waals surface area contributed by atoms with Crippen molar-refractivity contribution in [2.24, 2.45) is 0 Å². The number of anilines is 1. The minimum absolute atomic E-state index is 0.0416. The van der Waals surface area contributed by atoms with E-state index in [-0.39, 0.29) is 16.9 Å². The van der Waals surface area contributed by atoms with Gasteiger partial charge in [0.25, 0.3) is 5.91 Å². The summed E-state index contributed by atoms with van der Waals surface area (Å²) in [7, 11) is 1.55. The third kappa shape index (κ3) is 3.90. The number of methoxy groups -OCH3 is 1. The maximum absolute atomic E-state index is 13.3. The highest BCUT2D eigenvalue weighted by molar-refractivity contribution is 6.31. The number of benzene rings is 3. The smallest absolute Gasteiger partial charge is 0.257 e. The van der Waals surface area contributed by atoms with Crippen LogP contribution < -0.4 is 15.5 Å². The van der Waals surface area contributed by atoms with Crippen LogP contribution in [0, 0.1) is 0 Å². The molecule has 3 aromatic carbocycles. The van der Waals surface area contributed by atoms with Crippen molar-refractivity contribution >= 4 is 46.0 Å². The summed E-state index contributed by atoms with van der Waals surface area (Å²) in [4.78, 5) is 26.1. The van der Waals surface area contributed by atoms with Gasteiger partial charge in [-0.25, -0.2) is 0 Å². The molecule has 0 fully saturated rings. The van der Waals surface area contributed by atoms with Crippen molar-refractivity contribution < 1.29 is 13.9 Å². The number of carbonyl (C=O) groups is 1. The quantitative estimate of drug-likeness (QED) is 0.421. The van der Waals surface area contributed by atoms with E-state index in [0.29, 0.717) is 37.9 Å². The lowest BCUT2D eigenvalue weighted by Gasteiger charge is -2.12. The Bertz CT molecular complexity index is 1300. The van der Waals surface area contributed by atoms with Gasteiger partial charge in [-0.3, -0.25) is 14.9 Å². The molecule has 1 heterocycles. The molecule has 1 amide bonds. The molecule has 7 heteroatoms. The largest absolute Gasteiger partial charge is 0.497 e. The van der Waals surface area contributed by atoms with E-state index in [4.69, 9.17) is 32.4 Å². The monoisotopic (exact) mass is 439 g/mol. The normalized spacial score (nSPS) is 10.8. The standard InChI is InChI=1S/C23H15Cl2NO4/c1-29-17-9-4-13(5-10-17)20-21(27)18-12-16(25)8-11-19(18)30-23(20)26-22(28)14-2-6-15(24)7-3-14/h2-12H,1H3,(H,26,28). The van der Waals surface area contributed by atoms with Crippen molar-refractivity contribution in [1.82, 2.24) is 0 Å². The number of hydrogen-bond donors (Lipinski definition) is 1. The van der Waals surface area contributed by atoms with Crippen LogP contribution in [-0.4, -0.2) is 13.0 Å². The lowest BCUT2D eigenvalue weighted by Crippen LogP contribution is -2.16. The van der Waals surface area contributed by atoms with E-state index in [0.717, 1.165) is 0 Å². The first kappa shape index (κ1) is 20.0. The van der Waals surface area contributed by atoms with Crippen molar-refractivity contribution in [1.29, 1.82) is 0 Å². The van der Waals surface area contributed by atoms with Crippen molar-refractivity contribution in [2.75, 3.05) is 12.4 Å². The summed E-state index contributed by atoms with van der Waals surface area (Å²) in [6.45, 7) is 0. The number of fused-ring (bicyclic) bond motifs is 1. The molecule has 0 radical (unpaired) electrons. The van der Waals surface area contributed by atoms with Gasteiger partial charge in [0.2, 0.25) is 11.3 Å². The van der Waals surface area contributed by atoms with Crippen LogP contribution in [0.4, 0.5) is 5.88 Å². The Morgan fingerprint density at radius 1 is 0.933 bits per heavy atom. The zero-order valence-electron chi connectivity index (χ0n) is 15.7. The van der Waals surface area contributed by atoms with Crippen LogP contribution in [0.15, 0.2) is 75.9 Å². The van der Waals surface area contributed by atoms with Gasteiger partial charge in [-0.1, -0.05) is 35.3 Å². The van der Waals surface area contributed by atoms with Gasteiger partial charge in [0.05, 0.1) is 18.1 Å². The van der Waals surface area contributed by atoms with Gasteiger partial charge in [0.15, 0.2) is 0 Å². The Morgan fingerprint density at radius 3 is 2.27 bits per heavy atom. The molecule has 0 spiro atoms. The molecule has 0 aliphatic heterocycles. The Balaban J connectivity index is 1.87. The summed E-state index contributed by atoms with van der Waals surface area (Å²) in [5.41, 5.74) is 1.16. The van der Waals surface area contributed by atoms with Crippen LogP contribution in [0.3, 0.4) is 0 Å². The molecule has 0 unspecified atom stereocenters. The van der Waals surface area contributed by atoms with Crippen LogP contribution in [0.5, 0.6) is 5.75 Å². The summed E-state index contributed by atoms with van der Waals surface area (Å²) in [6, 6.07) is 18.0. The van der Waals surface area contributed by atoms with Gasteiger partial charge in [-0.2, -0.15) is 0 Å². The number of amides is 1. The highest BCUT2D eigenvalue weighted by Gasteiger charge is 2.19. The second kappa shape index (κ2) is 8.22. The van der Waals surface area contributed by atoms with Crippen molar-refractivity contribution in [2.45, 2.75) is 0 Å². The molecule has 4 aromatic rings. The lowest BCUT2D eigenvalue weighted by atomic mass is 10.0. The highest BCUT2D eigenvalue weighted by atomic mass is 35.5. The molecule has 0 aliphatic rings. The molecule has 4 rings (SSSR count). The topological polar surface area (TPSA) is 68.5 Å². The van der Waals surface area contributed by atoms with Crippen LogP contribution in [0.2, 0.25) is 10.0 Å². The fourth-order valence-corrected chi connectivity index (χ4v) is 3.35. The summed E-state index contributed by atoms with van der Waals surface area (Å²) in [5.74, 6) is 0.247. The summed E-state index contributed by atoms with van der Waals surface area (Å²) >= 11 is 12.0. The third-order valence-corrected chi connectivity index (χ3v) is 5.05. The van der Waals surface area contributed by atoms with Crippen LogP contribution in [0.25, 0.3) is 22.1 Å². The molecule has 1 aromatic heterocycles. The third-order valence-electron chi connectivity index (χ3n) is 4.56. The van der Waals surface area contributed by atoms with Crippen molar-refractivity contribution in [3.05, 3.63) is 92.6 Å². The number of halogens is 2. The molecule has 0 saturated heterocycles. The number of hydrogen-bond acceptors (Lipinski definition) is 4. The van der Waals surface area contributed by atoms with E-state index >= 15 is 0 Å². The predicted octanol–water partition coefficient (Wildman–Crippen LogP) is 6.03. The lowest BCUT2D eigenvalue weighted by molar-refractivity contribution is 0.102. The number of nitrogens with one attached hydrogen (secondary N) is 1. The van der Waals surface area contributed by atoms with Gasteiger partial charge < -0.3 is 9.15 Å². The Hall–Kier alpha value is -3.28. The highest BCUT2D eigenvalue weighted by Crippen LogP contribution is 2.31. The van der Waals surface area contributed by atoms with Crippen molar-refractivity contribution in [3.8, 4) is 16.9 Å². The number of ether oxygens (including phenoxy) is 1. The first-order chi connectivity index (χ1) is 14.5. The average molecular weight is 440 g/mol. The van der Waals surface area contributed by atoms with Gasteiger partial charge in [-0.15, -0.1) is 0 Å². The fraction of sp³-hybridized carbons (Fsp3) is 0.0435. The predicted molar refractivity (Wildman–Crippen MR) is 119 cm³/mol. The fourth-order valence-electron chi connectivity index (χ4n) is 3.05. The first-order valence-electron chi connectivity index (χ1n) is 8.94. The Labute approximate surface area is 181 Å². The van der Waals surface area contributed by atoms with Gasteiger partial charge in [0.1, 0.15) is 11.3 Å². The van der Waals surface area contributed by atoms with Crippen LogP contribution in [0.1, 0.15) is 10.4 Å². The minimum atomic E-state index is -0.433. The first-order valence-corrected chi connectivity index (χ1v) is 9.69. The molecular formula is C23H15Cl2NO4. The number of carbonyl (C=O) groups excluding carboxylic acids is 1. The summed E-state index contributed by atoms with van der Waals surface area (Å²) in [6.07, 6.45) is 0.